The number of benzene rings is 2. The zero-order valence-corrected chi connectivity index (χ0v) is 15.1. The lowest BCUT2D eigenvalue weighted by atomic mass is 10.1. The molecule has 0 aliphatic heterocycles. The smallest absolute Gasteiger partial charge is 0.321 e. The van der Waals surface area contributed by atoms with E-state index in [2.05, 4.69) is 10.0 Å². The van der Waals surface area contributed by atoms with E-state index >= 15 is 0 Å². The Morgan fingerprint density at radius 1 is 1.00 bits per heavy atom. The quantitative estimate of drug-likeness (QED) is 0.673. The van der Waals surface area contributed by atoms with Gasteiger partial charge in [-0.2, -0.15) is 4.72 Å². The molecule has 0 atom stereocenters. The van der Waals surface area contributed by atoms with Crippen molar-refractivity contribution in [3.8, 4) is 0 Å². The Morgan fingerprint density at radius 3 is 2.35 bits per heavy atom. The van der Waals surface area contributed by atoms with Crippen molar-refractivity contribution in [2.45, 2.75) is 18.4 Å². The molecule has 0 bridgehead atoms. The van der Waals surface area contributed by atoms with Crippen LogP contribution in [0.15, 0.2) is 59.5 Å². The number of ether oxygens (including phenoxy) is 1. The lowest BCUT2D eigenvalue weighted by Crippen LogP contribution is -2.33. The molecule has 2 N–H and O–H groups in total. The van der Waals surface area contributed by atoms with Gasteiger partial charge in [0.05, 0.1) is 4.90 Å². The van der Waals surface area contributed by atoms with Gasteiger partial charge in [0.15, 0.2) is 6.61 Å². The minimum absolute atomic E-state index is 0.0452. The molecule has 1 amide bonds. The molecule has 138 valence electrons. The van der Waals surface area contributed by atoms with Crippen molar-refractivity contribution in [2.24, 2.45) is 0 Å². The van der Waals surface area contributed by atoms with Gasteiger partial charge in [-0.1, -0.05) is 42.5 Å². The zero-order chi connectivity index (χ0) is 19.0. The third-order valence-corrected chi connectivity index (χ3v) is 4.98. The first-order valence-electron chi connectivity index (χ1n) is 7.90. The van der Waals surface area contributed by atoms with Gasteiger partial charge in [-0.15, -0.1) is 0 Å². The van der Waals surface area contributed by atoms with Crippen molar-refractivity contribution in [3.05, 3.63) is 65.7 Å². The standard InChI is InChI=1S/C18H20N2O5S/c1-14-7-5-6-8-15(14)11-19-17(21)13-25-18(22)12-20-26(23,24)16-9-3-2-4-10-16/h2-10,20H,11-13H2,1H3,(H,19,21). The van der Waals surface area contributed by atoms with Gasteiger partial charge < -0.3 is 10.1 Å². The maximum atomic E-state index is 12.0. The predicted octanol–water partition coefficient (Wildman–Crippen LogP) is 1.13. The van der Waals surface area contributed by atoms with Gasteiger partial charge in [-0.25, -0.2) is 8.42 Å². The Labute approximate surface area is 152 Å². The van der Waals surface area contributed by atoms with Crippen molar-refractivity contribution >= 4 is 21.9 Å². The average Bonchev–Trinajstić information content (AvgIpc) is 2.65. The summed E-state index contributed by atoms with van der Waals surface area (Å²) >= 11 is 0. The van der Waals surface area contributed by atoms with E-state index in [0.717, 1.165) is 11.1 Å². The molecule has 2 aromatic carbocycles. The average molecular weight is 376 g/mol. The molecule has 0 heterocycles. The summed E-state index contributed by atoms with van der Waals surface area (Å²) in [5, 5.41) is 2.64. The SMILES string of the molecule is Cc1ccccc1CNC(=O)COC(=O)CNS(=O)(=O)c1ccccc1. The minimum Gasteiger partial charge on any atom is -0.455 e. The monoisotopic (exact) mass is 376 g/mol. The first-order valence-corrected chi connectivity index (χ1v) is 9.38. The topological polar surface area (TPSA) is 102 Å². The van der Waals surface area contributed by atoms with E-state index < -0.39 is 35.1 Å². The number of carbonyl (C=O) groups is 2. The van der Waals surface area contributed by atoms with Crippen LogP contribution in [0.1, 0.15) is 11.1 Å². The van der Waals surface area contributed by atoms with E-state index in [1.165, 1.54) is 12.1 Å². The molecule has 8 heteroatoms. The van der Waals surface area contributed by atoms with Crippen molar-refractivity contribution < 1.29 is 22.7 Å². The fraction of sp³-hybridized carbons (Fsp3) is 0.222. The number of nitrogens with one attached hydrogen (secondary N) is 2. The second kappa shape index (κ2) is 9.12. The summed E-state index contributed by atoms with van der Waals surface area (Å²) in [6.07, 6.45) is 0. The Morgan fingerprint density at radius 2 is 1.65 bits per heavy atom. The van der Waals surface area contributed by atoms with E-state index in [1.54, 1.807) is 18.2 Å². The highest BCUT2D eigenvalue weighted by Gasteiger charge is 2.16. The Hall–Kier alpha value is -2.71. The number of esters is 1. The summed E-state index contributed by atoms with van der Waals surface area (Å²) in [5.41, 5.74) is 2.00. The Balaban J connectivity index is 1.73. The number of aryl methyl sites for hydroxylation is 1. The highest BCUT2D eigenvalue weighted by Crippen LogP contribution is 2.07. The molecule has 0 unspecified atom stereocenters. The van der Waals surface area contributed by atoms with E-state index in [9.17, 15) is 18.0 Å². The highest BCUT2D eigenvalue weighted by atomic mass is 32.2. The first kappa shape index (κ1) is 19.6. The van der Waals surface area contributed by atoms with Gasteiger partial charge >= 0.3 is 5.97 Å². The molecule has 7 nitrogen and oxygen atoms in total. The maximum absolute atomic E-state index is 12.0. The van der Waals surface area contributed by atoms with Gasteiger partial charge in [-0.3, -0.25) is 9.59 Å². The molecular weight excluding hydrogens is 356 g/mol. The zero-order valence-electron chi connectivity index (χ0n) is 14.3. The normalized spacial score (nSPS) is 11.0. The van der Waals surface area contributed by atoms with Crippen LogP contribution >= 0.6 is 0 Å². The summed E-state index contributed by atoms with van der Waals surface area (Å²) in [4.78, 5) is 23.4. The number of sulfonamides is 1. The van der Waals surface area contributed by atoms with Crippen LogP contribution in [-0.2, 0) is 30.9 Å². The predicted molar refractivity (Wildman–Crippen MR) is 95.6 cm³/mol. The Kier molecular flexibility index (Phi) is 6.88. The minimum atomic E-state index is -3.80. The van der Waals surface area contributed by atoms with Gasteiger partial charge in [0, 0.05) is 6.54 Å². The van der Waals surface area contributed by atoms with Crippen LogP contribution in [0.3, 0.4) is 0 Å². The van der Waals surface area contributed by atoms with E-state index in [4.69, 9.17) is 4.74 Å². The maximum Gasteiger partial charge on any atom is 0.321 e. The lowest BCUT2D eigenvalue weighted by Gasteiger charge is -2.09. The third-order valence-electron chi connectivity index (χ3n) is 3.56. The second-order valence-electron chi connectivity index (χ2n) is 5.50. The molecule has 0 aliphatic rings. The van der Waals surface area contributed by atoms with Crippen LogP contribution in [-0.4, -0.2) is 33.4 Å². The van der Waals surface area contributed by atoms with Gasteiger partial charge in [0.25, 0.3) is 5.91 Å². The number of carbonyl (C=O) groups excluding carboxylic acids is 2. The third kappa shape index (κ3) is 5.98. The molecule has 0 radical (unpaired) electrons. The van der Waals surface area contributed by atoms with Gasteiger partial charge in [0.2, 0.25) is 10.0 Å². The first-order chi connectivity index (χ1) is 12.4. The van der Waals surface area contributed by atoms with Crippen LogP contribution in [0.4, 0.5) is 0 Å². The van der Waals surface area contributed by atoms with Crippen molar-refractivity contribution in [3.63, 3.8) is 0 Å². The van der Waals surface area contributed by atoms with E-state index in [0.29, 0.717) is 6.54 Å². The largest absolute Gasteiger partial charge is 0.455 e. The summed E-state index contributed by atoms with van der Waals surface area (Å²) in [6.45, 7) is 1.23. The second-order valence-corrected chi connectivity index (χ2v) is 7.27. The molecule has 0 aromatic heterocycles. The summed E-state index contributed by atoms with van der Waals surface area (Å²) < 4.78 is 30.8. The van der Waals surface area contributed by atoms with E-state index in [-0.39, 0.29) is 4.90 Å². The number of rotatable bonds is 8. The molecule has 2 aromatic rings. The molecule has 0 aliphatic carbocycles. The summed E-state index contributed by atoms with van der Waals surface area (Å²) in [7, 11) is -3.80. The Bertz CT molecular complexity index is 866. The van der Waals surface area contributed by atoms with E-state index in [1.807, 2.05) is 31.2 Å². The molecule has 0 saturated carbocycles. The fourth-order valence-electron chi connectivity index (χ4n) is 2.09. The molecule has 26 heavy (non-hydrogen) atoms. The number of hydrogen-bond donors (Lipinski definition) is 2. The number of amides is 1. The molecule has 0 saturated heterocycles. The highest BCUT2D eigenvalue weighted by molar-refractivity contribution is 7.89. The lowest BCUT2D eigenvalue weighted by molar-refractivity contribution is -0.147. The fourth-order valence-corrected chi connectivity index (χ4v) is 3.08. The van der Waals surface area contributed by atoms with Crippen molar-refractivity contribution in [2.75, 3.05) is 13.2 Å². The van der Waals surface area contributed by atoms with Crippen LogP contribution in [0.25, 0.3) is 0 Å². The summed E-state index contributed by atoms with van der Waals surface area (Å²) in [6, 6.07) is 15.2. The summed E-state index contributed by atoms with van der Waals surface area (Å²) in [5.74, 6) is -1.30. The van der Waals surface area contributed by atoms with Gasteiger partial charge in [-0.05, 0) is 30.2 Å². The molecular formula is C18H20N2O5S. The van der Waals surface area contributed by atoms with Crippen molar-refractivity contribution in [1.29, 1.82) is 0 Å². The molecule has 0 spiro atoms. The van der Waals surface area contributed by atoms with Crippen LogP contribution < -0.4 is 10.0 Å². The van der Waals surface area contributed by atoms with Crippen LogP contribution in [0, 0.1) is 6.92 Å². The van der Waals surface area contributed by atoms with Gasteiger partial charge in [0.1, 0.15) is 6.54 Å². The number of hydrogen-bond acceptors (Lipinski definition) is 5. The molecule has 0 fully saturated rings. The van der Waals surface area contributed by atoms with Crippen LogP contribution in [0.5, 0.6) is 0 Å². The molecule has 2 rings (SSSR count). The van der Waals surface area contributed by atoms with Crippen LogP contribution in [0.2, 0.25) is 0 Å². The van der Waals surface area contributed by atoms with Crippen molar-refractivity contribution in [1.82, 2.24) is 10.0 Å².